The van der Waals surface area contributed by atoms with Gasteiger partial charge in [-0.05, 0) is 24.2 Å². The van der Waals surface area contributed by atoms with Crippen LogP contribution in [0.4, 0.5) is 0 Å². The number of hydrogen-bond donors (Lipinski definition) is 1. The van der Waals surface area contributed by atoms with E-state index in [0.29, 0.717) is 6.42 Å². The van der Waals surface area contributed by atoms with Crippen molar-refractivity contribution in [3.63, 3.8) is 0 Å². The molecule has 2 atom stereocenters. The molecule has 0 aliphatic rings. The van der Waals surface area contributed by atoms with Gasteiger partial charge in [-0.2, -0.15) is 0 Å². The Bertz CT molecular complexity index is 211. The number of carboxylic acids is 1. The molecule has 0 aromatic carbocycles. The van der Waals surface area contributed by atoms with Gasteiger partial charge in [-0.15, -0.1) is 0 Å². The van der Waals surface area contributed by atoms with E-state index in [1.807, 2.05) is 0 Å². The second kappa shape index (κ2) is 10.4. The second-order valence-corrected chi connectivity index (χ2v) is 6.13. The molecule has 1 N–H and O–H groups in total. The Morgan fingerprint density at radius 1 is 0.889 bits per heavy atom. The van der Waals surface area contributed by atoms with Crippen LogP contribution >= 0.6 is 0 Å². The van der Waals surface area contributed by atoms with E-state index in [2.05, 4.69) is 27.7 Å². The Morgan fingerprint density at radius 2 is 1.39 bits per heavy atom. The monoisotopic (exact) mass is 256 g/mol. The summed E-state index contributed by atoms with van der Waals surface area (Å²) in [4.78, 5) is 10.3. The van der Waals surface area contributed by atoms with Crippen molar-refractivity contribution in [1.29, 1.82) is 0 Å². The molecule has 0 amide bonds. The van der Waals surface area contributed by atoms with Crippen molar-refractivity contribution < 1.29 is 9.90 Å². The number of aliphatic carboxylic acids is 1. The topological polar surface area (TPSA) is 37.3 Å². The molecule has 2 nitrogen and oxygen atoms in total. The van der Waals surface area contributed by atoms with Gasteiger partial charge >= 0.3 is 5.97 Å². The van der Waals surface area contributed by atoms with Gasteiger partial charge in [0.2, 0.25) is 0 Å². The highest BCUT2D eigenvalue weighted by Gasteiger charge is 2.14. The number of rotatable bonds is 11. The van der Waals surface area contributed by atoms with Gasteiger partial charge < -0.3 is 5.11 Å². The normalized spacial score (nSPS) is 14.7. The van der Waals surface area contributed by atoms with Gasteiger partial charge in [0.05, 0.1) is 0 Å². The third-order valence-electron chi connectivity index (χ3n) is 4.25. The lowest BCUT2D eigenvalue weighted by molar-refractivity contribution is -0.137. The fraction of sp³-hybridized carbons (Fsp3) is 0.938. The summed E-state index contributed by atoms with van der Waals surface area (Å²) in [6.07, 6.45) is 8.70. The lowest BCUT2D eigenvalue weighted by Crippen LogP contribution is -2.14. The number of carboxylic acid groups (broad SMARTS) is 1. The van der Waals surface area contributed by atoms with Crippen LogP contribution in [0.1, 0.15) is 79.1 Å². The summed E-state index contributed by atoms with van der Waals surface area (Å²) in [5, 5.41) is 8.51. The SMILES string of the molecule is CC(C)C(C)C(C)CCCCCCCCC(=O)O. The van der Waals surface area contributed by atoms with E-state index in [-0.39, 0.29) is 0 Å². The molecule has 2 heteroatoms. The van der Waals surface area contributed by atoms with E-state index in [0.717, 1.165) is 30.6 Å². The van der Waals surface area contributed by atoms with Gasteiger partial charge in [-0.25, -0.2) is 0 Å². The van der Waals surface area contributed by atoms with Crippen LogP contribution in [0.25, 0.3) is 0 Å². The number of hydrogen-bond acceptors (Lipinski definition) is 1. The van der Waals surface area contributed by atoms with Crippen LogP contribution in [0.2, 0.25) is 0 Å². The zero-order valence-corrected chi connectivity index (χ0v) is 12.7. The van der Waals surface area contributed by atoms with Crippen molar-refractivity contribution in [2.45, 2.75) is 79.1 Å². The summed E-state index contributed by atoms with van der Waals surface area (Å²) in [6, 6.07) is 0. The van der Waals surface area contributed by atoms with E-state index in [9.17, 15) is 4.79 Å². The molecule has 0 aromatic rings. The predicted molar refractivity (Wildman–Crippen MR) is 77.7 cm³/mol. The van der Waals surface area contributed by atoms with Crippen LogP contribution in [0.15, 0.2) is 0 Å². The van der Waals surface area contributed by atoms with Crippen LogP contribution in [0, 0.1) is 17.8 Å². The minimum absolute atomic E-state index is 0.336. The fourth-order valence-electron chi connectivity index (χ4n) is 2.37. The highest BCUT2D eigenvalue weighted by molar-refractivity contribution is 5.66. The molecule has 18 heavy (non-hydrogen) atoms. The first-order valence-electron chi connectivity index (χ1n) is 7.67. The van der Waals surface area contributed by atoms with Crippen molar-refractivity contribution >= 4 is 5.97 Å². The van der Waals surface area contributed by atoms with Crippen LogP contribution in [-0.2, 0) is 4.79 Å². The smallest absolute Gasteiger partial charge is 0.303 e. The predicted octanol–water partition coefficient (Wildman–Crippen LogP) is 5.12. The molecule has 0 rings (SSSR count). The largest absolute Gasteiger partial charge is 0.481 e. The van der Waals surface area contributed by atoms with E-state index < -0.39 is 5.97 Å². The third kappa shape index (κ3) is 9.49. The van der Waals surface area contributed by atoms with Crippen LogP contribution in [0.3, 0.4) is 0 Å². The highest BCUT2D eigenvalue weighted by atomic mass is 16.4. The molecule has 2 unspecified atom stereocenters. The summed E-state index contributed by atoms with van der Waals surface area (Å²) in [5.74, 6) is 1.78. The molecule has 0 saturated heterocycles. The van der Waals surface area contributed by atoms with Crippen LogP contribution < -0.4 is 0 Å². The Morgan fingerprint density at radius 3 is 1.89 bits per heavy atom. The molecule has 0 saturated carbocycles. The minimum Gasteiger partial charge on any atom is -0.481 e. The lowest BCUT2D eigenvalue weighted by Gasteiger charge is -2.23. The zero-order chi connectivity index (χ0) is 14.0. The van der Waals surface area contributed by atoms with Crippen molar-refractivity contribution in [2.75, 3.05) is 0 Å². The quantitative estimate of drug-likeness (QED) is 0.521. The maximum absolute atomic E-state index is 10.3. The van der Waals surface area contributed by atoms with Crippen molar-refractivity contribution in [2.24, 2.45) is 17.8 Å². The van der Waals surface area contributed by atoms with E-state index in [1.165, 1.54) is 32.1 Å². The molecule has 0 aliphatic carbocycles. The van der Waals surface area contributed by atoms with Gasteiger partial charge in [0.1, 0.15) is 0 Å². The molecule has 0 aromatic heterocycles. The Hall–Kier alpha value is -0.530. The van der Waals surface area contributed by atoms with Gasteiger partial charge in [0.25, 0.3) is 0 Å². The third-order valence-corrected chi connectivity index (χ3v) is 4.25. The van der Waals surface area contributed by atoms with Gasteiger partial charge in [-0.1, -0.05) is 66.2 Å². The van der Waals surface area contributed by atoms with E-state index >= 15 is 0 Å². The van der Waals surface area contributed by atoms with Crippen molar-refractivity contribution in [1.82, 2.24) is 0 Å². The second-order valence-electron chi connectivity index (χ2n) is 6.13. The zero-order valence-electron chi connectivity index (χ0n) is 12.7. The van der Waals surface area contributed by atoms with E-state index in [4.69, 9.17) is 5.11 Å². The number of unbranched alkanes of at least 4 members (excludes halogenated alkanes) is 5. The first-order chi connectivity index (χ1) is 8.45. The van der Waals surface area contributed by atoms with Crippen molar-refractivity contribution in [3.05, 3.63) is 0 Å². The maximum Gasteiger partial charge on any atom is 0.303 e. The molecular weight excluding hydrogens is 224 g/mol. The summed E-state index contributed by atoms with van der Waals surface area (Å²) >= 11 is 0. The number of carbonyl (C=O) groups is 1. The van der Waals surface area contributed by atoms with Gasteiger partial charge in [0.15, 0.2) is 0 Å². The molecule has 108 valence electrons. The molecule has 0 fully saturated rings. The Labute approximate surface area is 113 Å². The van der Waals surface area contributed by atoms with Crippen LogP contribution in [-0.4, -0.2) is 11.1 Å². The average molecular weight is 256 g/mol. The lowest BCUT2D eigenvalue weighted by atomic mass is 9.83. The van der Waals surface area contributed by atoms with Crippen LogP contribution in [0.5, 0.6) is 0 Å². The standard InChI is InChI=1S/C16H32O2/c1-13(2)15(4)14(3)11-9-7-5-6-8-10-12-16(17)18/h13-15H,5-12H2,1-4H3,(H,17,18). The van der Waals surface area contributed by atoms with Gasteiger partial charge in [0, 0.05) is 6.42 Å². The molecule has 0 heterocycles. The summed E-state index contributed by atoms with van der Waals surface area (Å²) in [6.45, 7) is 9.35. The first kappa shape index (κ1) is 17.5. The molecule has 0 aliphatic heterocycles. The Kier molecular flexibility index (Phi) is 10.1. The maximum atomic E-state index is 10.3. The minimum atomic E-state index is -0.661. The molecule has 0 radical (unpaired) electrons. The Balaban J connectivity index is 3.32. The fourth-order valence-corrected chi connectivity index (χ4v) is 2.37. The average Bonchev–Trinajstić information content (AvgIpc) is 2.30. The highest BCUT2D eigenvalue weighted by Crippen LogP contribution is 2.24. The molecule has 0 bridgehead atoms. The van der Waals surface area contributed by atoms with E-state index in [1.54, 1.807) is 0 Å². The summed E-state index contributed by atoms with van der Waals surface area (Å²) in [5.41, 5.74) is 0. The first-order valence-corrected chi connectivity index (χ1v) is 7.67. The van der Waals surface area contributed by atoms with Gasteiger partial charge in [-0.3, -0.25) is 4.79 Å². The molecule has 0 spiro atoms. The molecular formula is C16H32O2. The summed E-state index contributed by atoms with van der Waals surface area (Å²) in [7, 11) is 0. The summed E-state index contributed by atoms with van der Waals surface area (Å²) < 4.78 is 0. The van der Waals surface area contributed by atoms with Crippen molar-refractivity contribution in [3.8, 4) is 0 Å².